The maximum atomic E-state index is 12.5. The van der Waals surface area contributed by atoms with E-state index in [2.05, 4.69) is 5.32 Å². The van der Waals surface area contributed by atoms with Crippen molar-refractivity contribution in [2.24, 2.45) is 0 Å². The van der Waals surface area contributed by atoms with E-state index in [0.717, 1.165) is 25.0 Å². The second-order valence-electron chi connectivity index (χ2n) is 4.55. The highest BCUT2D eigenvalue weighted by Gasteiger charge is 2.30. The van der Waals surface area contributed by atoms with E-state index < -0.39 is 11.7 Å². The number of benzene rings is 1. The number of nitrogens with one attached hydrogen (secondary N) is 1. The number of amides is 2. The Bertz CT molecular complexity index is 453. The maximum absolute atomic E-state index is 12.5. The fourth-order valence-electron chi connectivity index (χ4n) is 2.07. The zero-order chi connectivity index (χ0) is 13.9. The SMILES string of the molecule is O=C(NCc1cccc(C(F)(F)F)c1)N1CCCC1. The number of nitrogens with zero attached hydrogens (tertiary/aromatic N) is 1. The molecule has 0 saturated carbocycles. The molecule has 0 bridgehead atoms. The molecule has 1 aliphatic heterocycles. The van der Waals surface area contributed by atoms with Gasteiger partial charge in [0.1, 0.15) is 0 Å². The van der Waals surface area contributed by atoms with Crippen LogP contribution in [0.25, 0.3) is 0 Å². The first-order valence-electron chi connectivity index (χ1n) is 6.16. The number of halogens is 3. The Kier molecular flexibility index (Phi) is 3.97. The number of carbonyl (C=O) groups is 1. The Labute approximate surface area is 109 Å². The summed E-state index contributed by atoms with van der Waals surface area (Å²) < 4.78 is 37.6. The van der Waals surface area contributed by atoms with Crippen LogP contribution in [0.15, 0.2) is 24.3 Å². The minimum absolute atomic E-state index is 0.110. The third kappa shape index (κ3) is 3.62. The van der Waals surface area contributed by atoms with Crippen LogP contribution in [-0.2, 0) is 12.7 Å². The van der Waals surface area contributed by atoms with E-state index in [1.54, 1.807) is 11.0 Å². The molecule has 6 heteroatoms. The molecular weight excluding hydrogens is 257 g/mol. The molecule has 2 amide bonds. The molecule has 0 unspecified atom stereocenters. The highest BCUT2D eigenvalue weighted by molar-refractivity contribution is 5.74. The lowest BCUT2D eigenvalue weighted by atomic mass is 10.1. The molecule has 3 nitrogen and oxygen atoms in total. The van der Waals surface area contributed by atoms with Crippen LogP contribution in [0.1, 0.15) is 24.0 Å². The zero-order valence-corrected chi connectivity index (χ0v) is 10.3. The fraction of sp³-hybridized carbons (Fsp3) is 0.462. The summed E-state index contributed by atoms with van der Waals surface area (Å²) >= 11 is 0. The molecule has 1 saturated heterocycles. The standard InChI is InChI=1S/C13H15F3N2O/c14-13(15,16)11-5-3-4-10(8-11)9-17-12(19)18-6-1-2-7-18/h3-5,8H,1-2,6-7,9H2,(H,17,19). The lowest BCUT2D eigenvalue weighted by Crippen LogP contribution is -2.37. The molecular formula is C13H15F3N2O. The molecule has 1 aliphatic rings. The van der Waals surface area contributed by atoms with Gasteiger partial charge in [-0.15, -0.1) is 0 Å². The first kappa shape index (κ1) is 13.7. The summed E-state index contributed by atoms with van der Waals surface area (Å²) in [5.74, 6) is 0. The van der Waals surface area contributed by atoms with Gasteiger partial charge >= 0.3 is 12.2 Å². The van der Waals surface area contributed by atoms with Crippen molar-refractivity contribution in [1.29, 1.82) is 0 Å². The van der Waals surface area contributed by atoms with Crippen molar-refractivity contribution in [3.05, 3.63) is 35.4 Å². The van der Waals surface area contributed by atoms with E-state index in [-0.39, 0.29) is 12.6 Å². The van der Waals surface area contributed by atoms with Crippen LogP contribution in [0, 0.1) is 0 Å². The predicted molar refractivity (Wildman–Crippen MR) is 64.5 cm³/mol. The van der Waals surface area contributed by atoms with Crippen molar-refractivity contribution in [2.75, 3.05) is 13.1 Å². The van der Waals surface area contributed by atoms with Gasteiger partial charge in [-0.1, -0.05) is 12.1 Å². The van der Waals surface area contributed by atoms with Gasteiger partial charge in [-0.2, -0.15) is 13.2 Å². The average Bonchev–Trinajstić information content (AvgIpc) is 2.89. The van der Waals surface area contributed by atoms with Crippen LogP contribution >= 0.6 is 0 Å². The topological polar surface area (TPSA) is 32.3 Å². The molecule has 0 atom stereocenters. The summed E-state index contributed by atoms with van der Waals surface area (Å²) in [6.45, 7) is 1.54. The van der Waals surface area contributed by atoms with Crippen LogP contribution in [0.4, 0.5) is 18.0 Å². The van der Waals surface area contributed by atoms with Crippen molar-refractivity contribution in [3.8, 4) is 0 Å². The Morgan fingerprint density at radius 3 is 2.58 bits per heavy atom. The first-order chi connectivity index (χ1) is 8.97. The summed E-state index contributed by atoms with van der Waals surface area (Å²) in [5.41, 5.74) is -0.247. The van der Waals surface area contributed by atoms with Gasteiger partial charge in [0.25, 0.3) is 0 Å². The Morgan fingerprint density at radius 1 is 1.26 bits per heavy atom. The number of likely N-dealkylation sites (tertiary alicyclic amines) is 1. The number of hydrogen-bond acceptors (Lipinski definition) is 1. The average molecular weight is 272 g/mol. The second kappa shape index (κ2) is 5.50. The predicted octanol–water partition coefficient (Wildman–Crippen LogP) is 3.01. The highest BCUT2D eigenvalue weighted by Crippen LogP contribution is 2.29. The van der Waals surface area contributed by atoms with Gasteiger partial charge in [0, 0.05) is 19.6 Å². The first-order valence-corrected chi connectivity index (χ1v) is 6.16. The summed E-state index contributed by atoms with van der Waals surface area (Å²) in [5, 5.41) is 2.64. The van der Waals surface area contributed by atoms with Gasteiger partial charge in [0.05, 0.1) is 5.56 Å². The van der Waals surface area contributed by atoms with Crippen LogP contribution < -0.4 is 5.32 Å². The lowest BCUT2D eigenvalue weighted by molar-refractivity contribution is -0.137. The molecule has 0 aromatic heterocycles. The van der Waals surface area contributed by atoms with E-state index in [1.165, 1.54) is 6.07 Å². The molecule has 1 heterocycles. The maximum Gasteiger partial charge on any atom is 0.416 e. The van der Waals surface area contributed by atoms with Gasteiger partial charge in [0.15, 0.2) is 0 Å². The van der Waals surface area contributed by atoms with Crippen LogP contribution in [0.3, 0.4) is 0 Å². The third-order valence-electron chi connectivity index (χ3n) is 3.09. The monoisotopic (exact) mass is 272 g/mol. The summed E-state index contributed by atoms with van der Waals surface area (Å²) in [6.07, 6.45) is -2.39. The summed E-state index contributed by atoms with van der Waals surface area (Å²) in [6, 6.07) is 4.78. The molecule has 1 aromatic carbocycles. The minimum Gasteiger partial charge on any atom is -0.334 e. The molecule has 0 aliphatic carbocycles. The smallest absolute Gasteiger partial charge is 0.334 e. The van der Waals surface area contributed by atoms with E-state index in [0.29, 0.717) is 18.7 Å². The fourth-order valence-corrected chi connectivity index (χ4v) is 2.07. The number of carbonyl (C=O) groups excluding carboxylic acids is 1. The van der Waals surface area contributed by atoms with Gasteiger partial charge in [-0.05, 0) is 30.5 Å². The summed E-state index contributed by atoms with van der Waals surface area (Å²) in [7, 11) is 0. The lowest BCUT2D eigenvalue weighted by Gasteiger charge is -2.16. The van der Waals surface area contributed by atoms with E-state index >= 15 is 0 Å². The van der Waals surface area contributed by atoms with Crippen molar-refractivity contribution in [2.45, 2.75) is 25.6 Å². The number of alkyl halides is 3. The van der Waals surface area contributed by atoms with Crippen molar-refractivity contribution in [3.63, 3.8) is 0 Å². The van der Waals surface area contributed by atoms with Gasteiger partial charge in [0.2, 0.25) is 0 Å². The molecule has 1 N–H and O–H groups in total. The number of rotatable bonds is 2. The van der Waals surface area contributed by atoms with E-state index in [4.69, 9.17) is 0 Å². The molecule has 1 aromatic rings. The zero-order valence-electron chi connectivity index (χ0n) is 10.3. The van der Waals surface area contributed by atoms with Crippen molar-refractivity contribution < 1.29 is 18.0 Å². The second-order valence-corrected chi connectivity index (χ2v) is 4.55. The normalized spacial score (nSPS) is 15.6. The third-order valence-corrected chi connectivity index (χ3v) is 3.09. The molecule has 19 heavy (non-hydrogen) atoms. The summed E-state index contributed by atoms with van der Waals surface area (Å²) in [4.78, 5) is 13.4. The van der Waals surface area contributed by atoms with Crippen molar-refractivity contribution >= 4 is 6.03 Å². The molecule has 1 fully saturated rings. The van der Waals surface area contributed by atoms with Gasteiger partial charge < -0.3 is 10.2 Å². The van der Waals surface area contributed by atoms with Gasteiger partial charge in [-0.25, -0.2) is 4.79 Å². The van der Waals surface area contributed by atoms with E-state index in [9.17, 15) is 18.0 Å². The number of hydrogen-bond donors (Lipinski definition) is 1. The quantitative estimate of drug-likeness (QED) is 0.882. The molecule has 104 valence electrons. The van der Waals surface area contributed by atoms with Crippen LogP contribution in [0.5, 0.6) is 0 Å². The molecule has 0 radical (unpaired) electrons. The van der Waals surface area contributed by atoms with Crippen LogP contribution in [-0.4, -0.2) is 24.0 Å². The molecule has 2 rings (SSSR count). The van der Waals surface area contributed by atoms with E-state index in [1.807, 2.05) is 0 Å². The largest absolute Gasteiger partial charge is 0.416 e. The highest BCUT2D eigenvalue weighted by atomic mass is 19.4. The van der Waals surface area contributed by atoms with Gasteiger partial charge in [-0.3, -0.25) is 0 Å². The Balaban J connectivity index is 1.94. The van der Waals surface area contributed by atoms with Crippen molar-refractivity contribution in [1.82, 2.24) is 10.2 Å². The number of urea groups is 1. The van der Waals surface area contributed by atoms with Crippen LogP contribution in [0.2, 0.25) is 0 Å². The Hall–Kier alpha value is -1.72. The Morgan fingerprint density at radius 2 is 1.95 bits per heavy atom. The molecule has 0 spiro atoms. The minimum atomic E-state index is -4.35.